The molecule has 8 nitrogen and oxygen atoms in total. The van der Waals surface area contributed by atoms with Crippen LogP contribution in [0.15, 0.2) is 60.7 Å². The van der Waals surface area contributed by atoms with E-state index in [1.807, 2.05) is 43.3 Å². The molecule has 0 fully saturated rings. The fraction of sp³-hybridized carbons (Fsp3) is 0.143. The van der Waals surface area contributed by atoms with Crippen molar-refractivity contribution >= 4 is 17.2 Å². The predicted octanol–water partition coefficient (Wildman–Crippen LogP) is 4.23. The van der Waals surface area contributed by atoms with Crippen molar-refractivity contribution in [3.05, 3.63) is 82.0 Å². The first-order valence-corrected chi connectivity index (χ1v) is 9.02. The number of nitrogens with zero attached hydrogens (tertiary/aromatic N) is 4. The van der Waals surface area contributed by atoms with Crippen molar-refractivity contribution in [1.82, 2.24) is 14.6 Å². The van der Waals surface area contributed by atoms with Crippen molar-refractivity contribution in [3.63, 3.8) is 0 Å². The van der Waals surface area contributed by atoms with Gasteiger partial charge < -0.3 is 10.1 Å². The van der Waals surface area contributed by atoms with Crippen LogP contribution in [0.2, 0.25) is 0 Å². The van der Waals surface area contributed by atoms with E-state index in [-0.39, 0.29) is 5.69 Å². The molecule has 0 amide bonds. The lowest BCUT2D eigenvalue weighted by Crippen LogP contribution is -2.06. The van der Waals surface area contributed by atoms with E-state index >= 15 is 0 Å². The number of methoxy groups -OCH3 is 1. The third-order valence-corrected chi connectivity index (χ3v) is 4.54. The number of benzene rings is 2. The average Bonchev–Trinajstić information content (AvgIpc) is 3.16. The monoisotopic (exact) mass is 389 g/mol. The Morgan fingerprint density at radius 3 is 2.66 bits per heavy atom. The van der Waals surface area contributed by atoms with Gasteiger partial charge in [-0.15, -0.1) is 0 Å². The first-order chi connectivity index (χ1) is 14.0. The summed E-state index contributed by atoms with van der Waals surface area (Å²) in [4.78, 5) is 15.2. The summed E-state index contributed by atoms with van der Waals surface area (Å²) in [5, 5.41) is 19.1. The summed E-state index contributed by atoms with van der Waals surface area (Å²) >= 11 is 0. The predicted molar refractivity (Wildman–Crippen MR) is 110 cm³/mol. The number of anilines is 1. The molecule has 0 aliphatic carbocycles. The SMILES string of the molecule is COc1ccc(CNc2cc(C)nc3cc(-c4cccc([N+](=O)[O-])c4)nn23)cc1. The molecule has 4 rings (SSSR count). The quantitative estimate of drug-likeness (QED) is 0.392. The summed E-state index contributed by atoms with van der Waals surface area (Å²) in [5.74, 6) is 1.60. The summed E-state index contributed by atoms with van der Waals surface area (Å²) in [5.41, 5.74) is 3.94. The van der Waals surface area contributed by atoms with Gasteiger partial charge in [0.25, 0.3) is 5.69 Å². The van der Waals surface area contributed by atoms with E-state index in [9.17, 15) is 10.1 Å². The molecule has 146 valence electrons. The minimum absolute atomic E-state index is 0.0292. The van der Waals surface area contributed by atoms with Crippen LogP contribution in [-0.2, 0) is 6.54 Å². The number of aromatic nitrogens is 3. The second-order valence-electron chi connectivity index (χ2n) is 6.59. The molecule has 0 saturated carbocycles. The molecule has 2 heterocycles. The van der Waals surface area contributed by atoms with Crippen LogP contribution >= 0.6 is 0 Å². The number of ether oxygens (including phenoxy) is 1. The van der Waals surface area contributed by atoms with E-state index in [0.717, 1.165) is 22.8 Å². The van der Waals surface area contributed by atoms with Crippen LogP contribution in [0.4, 0.5) is 11.5 Å². The third kappa shape index (κ3) is 3.86. The van der Waals surface area contributed by atoms with Crippen LogP contribution in [0.25, 0.3) is 16.9 Å². The zero-order valence-corrected chi connectivity index (χ0v) is 16.0. The average molecular weight is 389 g/mol. The summed E-state index contributed by atoms with van der Waals surface area (Å²) in [6.45, 7) is 2.52. The maximum atomic E-state index is 11.1. The molecule has 0 spiro atoms. The molecule has 1 N–H and O–H groups in total. The lowest BCUT2D eigenvalue weighted by molar-refractivity contribution is -0.384. The summed E-state index contributed by atoms with van der Waals surface area (Å²) in [6, 6.07) is 18.0. The standard InChI is InChI=1S/C21H19N5O3/c1-14-10-20(22-13-15-6-8-18(29-2)9-7-15)25-21(23-14)12-19(24-25)16-4-3-5-17(11-16)26(27)28/h3-12,22H,13H2,1-2H3. The third-order valence-electron chi connectivity index (χ3n) is 4.54. The summed E-state index contributed by atoms with van der Waals surface area (Å²) < 4.78 is 6.90. The number of nitro groups is 1. The lowest BCUT2D eigenvalue weighted by Gasteiger charge is -2.10. The molecule has 2 aromatic heterocycles. The molecule has 0 radical (unpaired) electrons. The fourth-order valence-corrected chi connectivity index (χ4v) is 3.08. The Labute approximate surface area is 166 Å². The first-order valence-electron chi connectivity index (χ1n) is 9.02. The van der Waals surface area contributed by atoms with Gasteiger partial charge in [0.2, 0.25) is 0 Å². The number of rotatable bonds is 6. The maximum absolute atomic E-state index is 11.1. The van der Waals surface area contributed by atoms with Gasteiger partial charge in [-0.1, -0.05) is 24.3 Å². The summed E-state index contributed by atoms with van der Waals surface area (Å²) in [7, 11) is 1.64. The Balaban J connectivity index is 1.66. The lowest BCUT2D eigenvalue weighted by atomic mass is 10.1. The van der Waals surface area contributed by atoms with Gasteiger partial charge in [-0.25, -0.2) is 4.98 Å². The highest BCUT2D eigenvalue weighted by Crippen LogP contribution is 2.25. The van der Waals surface area contributed by atoms with Crippen LogP contribution < -0.4 is 10.1 Å². The first kappa shape index (κ1) is 18.4. The minimum atomic E-state index is -0.413. The zero-order chi connectivity index (χ0) is 20.4. The van der Waals surface area contributed by atoms with E-state index in [0.29, 0.717) is 23.4 Å². The maximum Gasteiger partial charge on any atom is 0.270 e. The largest absolute Gasteiger partial charge is 0.497 e. The van der Waals surface area contributed by atoms with Gasteiger partial charge >= 0.3 is 0 Å². The van der Waals surface area contributed by atoms with Crippen LogP contribution in [-0.4, -0.2) is 26.6 Å². The van der Waals surface area contributed by atoms with Crippen molar-refractivity contribution in [2.24, 2.45) is 0 Å². The zero-order valence-electron chi connectivity index (χ0n) is 16.0. The second-order valence-corrected chi connectivity index (χ2v) is 6.59. The minimum Gasteiger partial charge on any atom is -0.497 e. The van der Waals surface area contributed by atoms with Gasteiger partial charge in [0.15, 0.2) is 5.65 Å². The van der Waals surface area contributed by atoms with Crippen molar-refractivity contribution in [1.29, 1.82) is 0 Å². The molecule has 0 atom stereocenters. The smallest absolute Gasteiger partial charge is 0.270 e. The van der Waals surface area contributed by atoms with Gasteiger partial charge in [0.05, 0.1) is 17.7 Å². The van der Waals surface area contributed by atoms with E-state index in [2.05, 4.69) is 15.4 Å². The Morgan fingerprint density at radius 2 is 1.93 bits per heavy atom. The number of aryl methyl sites for hydroxylation is 1. The molecular weight excluding hydrogens is 370 g/mol. The molecule has 2 aromatic carbocycles. The van der Waals surface area contributed by atoms with Gasteiger partial charge in [-0.2, -0.15) is 9.61 Å². The number of non-ortho nitro benzene ring substituents is 1. The Morgan fingerprint density at radius 1 is 1.14 bits per heavy atom. The second kappa shape index (κ2) is 7.59. The fourth-order valence-electron chi connectivity index (χ4n) is 3.08. The Bertz CT molecular complexity index is 1180. The van der Waals surface area contributed by atoms with E-state index in [1.54, 1.807) is 23.8 Å². The molecule has 8 heteroatoms. The van der Waals surface area contributed by atoms with E-state index in [1.165, 1.54) is 12.1 Å². The molecular formula is C21H19N5O3. The van der Waals surface area contributed by atoms with Gasteiger partial charge in [0.1, 0.15) is 11.6 Å². The molecule has 4 aromatic rings. The van der Waals surface area contributed by atoms with E-state index < -0.39 is 4.92 Å². The topological polar surface area (TPSA) is 94.6 Å². The molecule has 0 saturated heterocycles. The number of nitro benzene ring substituents is 1. The molecule has 0 aliphatic rings. The van der Waals surface area contributed by atoms with Crippen molar-refractivity contribution in [2.75, 3.05) is 12.4 Å². The highest BCUT2D eigenvalue weighted by atomic mass is 16.6. The molecule has 0 aliphatic heterocycles. The highest BCUT2D eigenvalue weighted by molar-refractivity contribution is 5.67. The van der Waals surface area contributed by atoms with Gasteiger partial charge in [0, 0.05) is 42.1 Å². The van der Waals surface area contributed by atoms with Gasteiger partial charge in [-0.05, 0) is 24.6 Å². The number of hydrogen-bond donors (Lipinski definition) is 1. The number of nitrogens with one attached hydrogen (secondary N) is 1. The molecule has 0 bridgehead atoms. The number of fused-ring (bicyclic) bond motifs is 1. The van der Waals surface area contributed by atoms with Crippen LogP contribution in [0.3, 0.4) is 0 Å². The van der Waals surface area contributed by atoms with Crippen molar-refractivity contribution in [3.8, 4) is 17.0 Å². The Kier molecular flexibility index (Phi) is 4.82. The molecule has 29 heavy (non-hydrogen) atoms. The van der Waals surface area contributed by atoms with Crippen molar-refractivity contribution in [2.45, 2.75) is 13.5 Å². The van der Waals surface area contributed by atoms with Crippen LogP contribution in [0.1, 0.15) is 11.3 Å². The van der Waals surface area contributed by atoms with Crippen LogP contribution in [0, 0.1) is 17.0 Å². The molecule has 0 unspecified atom stereocenters. The van der Waals surface area contributed by atoms with Crippen LogP contribution in [0.5, 0.6) is 5.75 Å². The normalized spacial score (nSPS) is 10.8. The highest BCUT2D eigenvalue weighted by Gasteiger charge is 2.13. The van der Waals surface area contributed by atoms with Crippen molar-refractivity contribution < 1.29 is 9.66 Å². The van der Waals surface area contributed by atoms with Gasteiger partial charge in [-0.3, -0.25) is 10.1 Å². The summed E-state index contributed by atoms with van der Waals surface area (Å²) in [6.07, 6.45) is 0. The Hall–Kier alpha value is -3.94. The number of hydrogen-bond acceptors (Lipinski definition) is 6. The van der Waals surface area contributed by atoms with E-state index in [4.69, 9.17) is 4.74 Å².